The van der Waals surface area contributed by atoms with Crippen molar-refractivity contribution in [2.45, 2.75) is 5.54 Å². The normalized spacial score (nSPS) is 14.4. The lowest BCUT2D eigenvalue weighted by atomic mass is 9.76. The van der Waals surface area contributed by atoms with E-state index >= 15 is 0 Å². The summed E-state index contributed by atoms with van der Waals surface area (Å²) in [6.45, 7) is 0. The van der Waals surface area contributed by atoms with Crippen molar-refractivity contribution in [1.82, 2.24) is 0 Å². The number of rotatable bonds is 3. The van der Waals surface area contributed by atoms with E-state index in [2.05, 4.69) is 0 Å². The van der Waals surface area contributed by atoms with E-state index in [1.807, 2.05) is 95.9 Å². The molecule has 164 valence electrons. The van der Waals surface area contributed by atoms with E-state index in [0.717, 1.165) is 33.2 Å². The second-order valence-corrected chi connectivity index (χ2v) is 8.52. The molecule has 4 heteroatoms. The van der Waals surface area contributed by atoms with Crippen molar-refractivity contribution in [2.24, 2.45) is 0 Å². The second kappa shape index (κ2) is 7.49. The van der Waals surface area contributed by atoms with Gasteiger partial charge in [-0.15, -0.1) is 0 Å². The standard InChI is InChI=1S/C30H21NO3/c32-25-15-10-22(11-16-25)30(23-12-17-26(33)18-13-23)28-8-4-3-7-27(28)29(34)31(30)24-14-9-20-5-1-2-6-21(20)19-24/h1-19,32-33H. The van der Waals surface area contributed by atoms with Crippen LogP contribution in [-0.2, 0) is 5.54 Å². The van der Waals surface area contributed by atoms with Gasteiger partial charge >= 0.3 is 0 Å². The summed E-state index contributed by atoms with van der Waals surface area (Å²) in [5.41, 5.74) is 2.92. The Bertz CT molecular complexity index is 1490. The highest BCUT2D eigenvalue weighted by molar-refractivity contribution is 6.14. The Labute approximate surface area is 197 Å². The number of amides is 1. The average Bonchev–Trinajstić information content (AvgIpc) is 3.14. The highest BCUT2D eigenvalue weighted by atomic mass is 16.3. The minimum atomic E-state index is -0.989. The Balaban J connectivity index is 1.72. The van der Waals surface area contributed by atoms with Gasteiger partial charge in [-0.25, -0.2) is 0 Å². The van der Waals surface area contributed by atoms with E-state index in [-0.39, 0.29) is 17.4 Å². The van der Waals surface area contributed by atoms with Gasteiger partial charge < -0.3 is 10.2 Å². The smallest absolute Gasteiger partial charge is 0.260 e. The van der Waals surface area contributed by atoms with E-state index in [9.17, 15) is 15.0 Å². The van der Waals surface area contributed by atoms with Gasteiger partial charge in [0.1, 0.15) is 17.0 Å². The molecule has 1 aliphatic heterocycles. The van der Waals surface area contributed by atoms with Crippen LogP contribution in [0.1, 0.15) is 27.0 Å². The Morgan fingerprint density at radius 1 is 0.588 bits per heavy atom. The predicted octanol–water partition coefficient (Wildman–Crippen LogP) is 6.20. The van der Waals surface area contributed by atoms with Gasteiger partial charge in [0, 0.05) is 11.3 Å². The molecule has 1 aliphatic rings. The summed E-state index contributed by atoms with van der Waals surface area (Å²) in [6.07, 6.45) is 0. The third kappa shape index (κ3) is 2.82. The maximum atomic E-state index is 14.1. The molecule has 0 aliphatic carbocycles. The summed E-state index contributed by atoms with van der Waals surface area (Å²) >= 11 is 0. The molecule has 0 atom stereocenters. The van der Waals surface area contributed by atoms with Gasteiger partial charge in [0.15, 0.2) is 0 Å². The van der Waals surface area contributed by atoms with Gasteiger partial charge in [0.2, 0.25) is 0 Å². The molecule has 0 saturated carbocycles. The molecule has 0 unspecified atom stereocenters. The number of fused-ring (bicyclic) bond motifs is 2. The third-order valence-electron chi connectivity index (χ3n) is 6.65. The zero-order valence-corrected chi connectivity index (χ0v) is 18.2. The van der Waals surface area contributed by atoms with Crippen molar-refractivity contribution >= 4 is 22.4 Å². The summed E-state index contributed by atoms with van der Waals surface area (Å²) in [6, 6.07) is 35.7. The van der Waals surface area contributed by atoms with Crippen LogP contribution in [0, 0.1) is 0 Å². The van der Waals surface area contributed by atoms with Gasteiger partial charge in [-0.05, 0) is 69.9 Å². The van der Waals surface area contributed by atoms with E-state index in [0.29, 0.717) is 5.56 Å². The number of anilines is 1. The predicted molar refractivity (Wildman–Crippen MR) is 133 cm³/mol. The highest BCUT2D eigenvalue weighted by Crippen LogP contribution is 2.51. The topological polar surface area (TPSA) is 60.8 Å². The van der Waals surface area contributed by atoms with Crippen LogP contribution in [0.25, 0.3) is 10.8 Å². The van der Waals surface area contributed by atoms with Crippen LogP contribution < -0.4 is 4.90 Å². The summed E-state index contributed by atoms with van der Waals surface area (Å²) < 4.78 is 0. The number of phenols is 2. The molecule has 2 N–H and O–H groups in total. The molecule has 0 aromatic heterocycles. The van der Waals surface area contributed by atoms with Crippen molar-refractivity contribution in [3.8, 4) is 11.5 Å². The second-order valence-electron chi connectivity index (χ2n) is 8.52. The molecular weight excluding hydrogens is 422 g/mol. The van der Waals surface area contributed by atoms with Crippen molar-refractivity contribution in [1.29, 1.82) is 0 Å². The van der Waals surface area contributed by atoms with E-state index in [1.54, 1.807) is 24.3 Å². The van der Waals surface area contributed by atoms with Crippen molar-refractivity contribution < 1.29 is 15.0 Å². The average molecular weight is 444 g/mol. The van der Waals surface area contributed by atoms with Crippen LogP contribution in [0.5, 0.6) is 11.5 Å². The number of phenolic OH excluding ortho intramolecular Hbond substituents is 2. The summed E-state index contributed by atoms with van der Waals surface area (Å²) in [5.74, 6) is 0.200. The maximum absolute atomic E-state index is 14.1. The van der Waals surface area contributed by atoms with E-state index in [1.165, 1.54) is 0 Å². The number of hydrogen-bond donors (Lipinski definition) is 2. The molecule has 0 radical (unpaired) electrons. The van der Waals surface area contributed by atoms with Gasteiger partial charge in [-0.2, -0.15) is 0 Å². The molecule has 0 fully saturated rings. The third-order valence-corrected chi connectivity index (χ3v) is 6.65. The highest BCUT2D eigenvalue weighted by Gasteiger charge is 2.52. The van der Waals surface area contributed by atoms with Crippen LogP contribution in [0.2, 0.25) is 0 Å². The van der Waals surface area contributed by atoms with Gasteiger partial charge in [-0.3, -0.25) is 9.69 Å². The van der Waals surface area contributed by atoms with Crippen molar-refractivity contribution in [3.63, 3.8) is 0 Å². The molecule has 0 spiro atoms. The number of hydrogen-bond acceptors (Lipinski definition) is 3. The SMILES string of the molecule is O=C1c2ccccc2C(c2ccc(O)cc2)(c2ccc(O)cc2)N1c1ccc2ccccc2c1. The van der Waals surface area contributed by atoms with Crippen LogP contribution in [-0.4, -0.2) is 16.1 Å². The first kappa shape index (κ1) is 20.1. The van der Waals surface area contributed by atoms with Crippen molar-refractivity contribution in [2.75, 3.05) is 4.90 Å². The lowest BCUT2D eigenvalue weighted by Crippen LogP contribution is -2.46. The fourth-order valence-electron chi connectivity index (χ4n) is 5.15. The van der Waals surface area contributed by atoms with Crippen LogP contribution in [0.4, 0.5) is 5.69 Å². The Morgan fingerprint density at radius 2 is 1.15 bits per heavy atom. The Morgan fingerprint density at radius 3 is 1.79 bits per heavy atom. The summed E-state index contributed by atoms with van der Waals surface area (Å²) in [5, 5.41) is 22.2. The molecule has 1 amide bonds. The Kier molecular flexibility index (Phi) is 4.42. The molecule has 5 aromatic rings. The maximum Gasteiger partial charge on any atom is 0.260 e. The number of carbonyl (C=O) groups is 1. The minimum absolute atomic E-state index is 0.105. The molecule has 0 bridgehead atoms. The fraction of sp³-hybridized carbons (Fsp3) is 0.0333. The van der Waals surface area contributed by atoms with E-state index in [4.69, 9.17) is 0 Å². The zero-order valence-electron chi connectivity index (χ0n) is 18.2. The summed E-state index contributed by atoms with van der Waals surface area (Å²) in [4.78, 5) is 15.9. The number of aromatic hydroxyl groups is 2. The largest absolute Gasteiger partial charge is 0.508 e. The summed E-state index contributed by atoms with van der Waals surface area (Å²) in [7, 11) is 0. The number of benzene rings is 5. The molecule has 0 saturated heterocycles. The van der Waals surface area contributed by atoms with Crippen LogP contribution >= 0.6 is 0 Å². The molecule has 4 nitrogen and oxygen atoms in total. The number of carbonyl (C=O) groups excluding carboxylic acids is 1. The molecule has 5 aromatic carbocycles. The van der Waals surface area contributed by atoms with E-state index < -0.39 is 5.54 Å². The minimum Gasteiger partial charge on any atom is -0.508 e. The zero-order chi connectivity index (χ0) is 23.3. The monoisotopic (exact) mass is 443 g/mol. The van der Waals surface area contributed by atoms with Crippen molar-refractivity contribution in [3.05, 3.63) is 138 Å². The molecule has 1 heterocycles. The molecule has 34 heavy (non-hydrogen) atoms. The first-order chi connectivity index (χ1) is 16.6. The lowest BCUT2D eigenvalue weighted by molar-refractivity contribution is 0.0987. The lowest BCUT2D eigenvalue weighted by Gasteiger charge is -2.40. The quantitative estimate of drug-likeness (QED) is 0.349. The van der Waals surface area contributed by atoms with Gasteiger partial charge in [0.05, 0.1) is 0 Å². The first-order valence-electron chi connectivity index (χ1n) is 11.1. The van der Waals surface area contributed by atoms with Gasteiger partial charge in [0.25, 0.3) is 5.91 Å². The van der Waals surface area contributed by atoms with Crippen LogP contribution in [0.3, 0.4) is 0 Å². The Hall–Kier alpha value is -4.57. The molecule has 6 rings (SSSR count). The van der Waals surface area contributed by atoms with Gasteiger partial charge in [-0.1, -0.05) is 72.8 Å². The molecular formula is C30H21NO3. The van der Waals surface area contributed by atoms with Crippen LogP contribution in [0.15, 0.2) is 115 Å². The fourth-order valence-corrected chi connectivity index (χ4v) is 5.15. The first-order valence-corrected chi connectivity index (χ1v) is 11.1. The number of nitrogens with zero attached hydrogens (tertiary/aromatic N) is 1.